The van der Waals surface area contributed by atoms with Crippen LogP contribution in [0, 0.1) is 17.8 Å². The van der Waals surface area contributed by atoms with E-state index in [2.05, 4.69) is 41.5 Å². The maximum absolute atomic E-state index is 6.03. The maximum Gasteiger partial charge on any atom is 0.0742 e. The molecule has 0 bridgehead atoms. The zero-order chi connectivity index (χ0) is 9.94. The molecule has 70 valence electrons. The molecule has 0 amide bonds. The molecule has 0 fully saturated rings. The lowest BCUT2D eigenvalue weighted by molar-refractivity contribution is 0.293. The van der Waals surface area contributed by atoms with Gasteiger partial charge < -0.3 is 0 Å². The number of hydrogen-bond acceptors (Lipinski definition) is 0. The Labute approximate surface area is 79.5 Å². The molecule has 0 aromatic carbocycles. The van der Waals surface area contributed by atoms with Crippen LogP contribution in [-0.2, 0) is 0 Å². The van der Waals surface area contributed by atoms with Gasteiger partial charge in [-0.3, -0.25) is 0 Å². The first-order chi connectivity index (χ1) is 5.25. The molecular formula is C11H23B. The topological polar surface area (TPSA) is 0 Å². The summed E-state index contributed by atoms with van der Waals surface area (Å²) in [5.41, 5.74) is 0. The maximum atomic E-state index is 6.03. The van der Waals surface area contributed by atoms with Crippen LogP contribution in [0.3, 0.4) is 0 Å². The lowest BCUT2D eigenvalue weighted by Gasteiger charge is -2.31. The second-order valence-corrected chi connectivity index (χ2v) is 5.18. The molecule has 0 saturated heterocycles. The first kappa shape index (κ1) is 12.1. The summed E-state index contributed by atoms with van der Waals surface area (Å²) in [7, 11) is 6.03. The van der Waals surface area contributed by atoms with Crippen LogP contribution in [0.1, 0.15) is 48.0 Å². The van der Waals surface area contributed by atoms with E-state index in [1.807, 2.05) is 0 Å². The summed E-state index contributed by atoms with van der Waals surface area (Å²) in [4.78, 5) is 0. The van der Waals surface area contributed by atoms with Crippen LogP contribution >= 0.6 is 0 Å². The highest BCUT2D eigenvalue weighted by atomic mass is 14.2. The highest BCUT2D eigenvalue weighted by molar-refractivity contribution is 6.14. The molecule has 2 atom stereocenters. The smallest absolute Gasteiger partial charge is 0.0691 e. The van der Waals surface area contributed by atoms with Gasteiger partial charge in [-0.1, -0.05) is 46.9 Å². The first-order valence-corrected chi connectivity index (χ1v) is 5.04. The zero-order valence-corrected chi connectivity index (χ0v) is 9.52. The van der Waals surface area contributed by atoms with Gasteiger partial charge in [0.1, 0.15) is 0 Å². The molecule has 0 aliphatic rings. The van der Waals surface area contributed by atoms with E-state index >= 15 is 0 Å². The normalized spacial score (nSPS) is 17.9. The van der Waals surface area contributed by atoms with Crippen molar-refractivity contribution in [3.63, 3.8) is 0 Å². The van der Waals surface area contributed by atoms with Crippen LogP contribution in [0.25, 0.3) is 0 Å². The zero-order valence-electron chi connectivity index (χ0n) is 9.52. The molecule has 0 heterocycles. The fourth-order valence-electron chi connectivity index (χ4n) is 1.13. The van der Waals surface area contributed by atoms with Gasteiger partial charge in [-0.25, -0.2) is 0 Å². The molecule has 1 heteroatoms. The minimum absolute atomic E-state index is 0.0247. The van der Waals surface area contributed by atoms with Gasteiger partial charge in [0.25, 0.3) is 0 Å². The molecule has 2 unspecified atom stereocenters. The van der Waals surface area contributed by atoms with Crippen molar-refractivity contribution in [3.8, 4) is 0 Å². The third kappa shape index (κ3) is 4.18. The summed E-state index contributed by atoms with van der Waals surface area (Å²) >= 11 is 0. The fraction of sp³-hybridized carbons (Fsp3) is 1.00. The van der Waals surface area contributed by atoms with Crippen LogP contribution < -0.4 is 0 Å². The second kappa shape index (κ2) is 4.34. The number of hydrogen-bond donors (Lipinski definition) is 0. The lowest BCUT2D eigenvalue weighted by Crippen LogP contribution is -2.19. The quantitative estimate of drug-likeness (QED) is 0.559. The molecule has 0 rings (SSSR count). The monoisotopic (exact) mass is 166 g/mol. The SMILES string of the molecule is [B]C(C)(C)C(C)CC(C)C(C)C. The van der Waals surface area contributed by atoms with Crippen molar-refractivity contribution in [2.75, 3.05) is 0 Å². The van der Waals surface area contributed by atoms with Crippen LogP contribution in [-0.4, -0.2) is 7.85 Å². The first-order valence-electron chi connectivity index (χ1n) is 5.04. The fourth-order valence-corrected chi connectivity index (χ4v) is 1.13. The van der Waals surface area contributed by atoms with Crippen molar-refractivity contribution in [3.05, 3.63) is 0 Å². The average molecular weight is 166 g/mol. The molecule has 0 aliphatic carbocycles. The van der Waals surface area contributed by atoms with Gasteiger partial charge in [-0.15, -0.1) is 0 Å². The highest BCUT2D eigenvalue weighted by Gasteiger charge is 2.22. The summed E-state index contributed by atoms with van der Waals surface area (Å²) in [6.45, 7) is 13.4. The highest BCUT2D eigenvalue weighted by Crippen LogP contribution is 2.35. The van der Waals surface area contributed by atoms with Crippen molar-refractivity contribution in [1.29, 1.82) is 0 Å². The van der Waals surface area contributed by atoms with Crippen molar-refractivity contribution in [2.45, 2.75) is 53.3 Å². The van der Waals surface area contributed by atoms with E-state index in [1.54, 1.807) is 0 Å². The molecule has 0 N–H and O–H groups in total. The Morgan fingerprint density at radius 1 is 1.08 bits per heavy atom. The summed E-state index contributed by atoms with van der Waals surface area (Å²) in [5, 5.41) is -0.0247. The Hall–Kier alpha value is 0.0649. The standard InChI is InChI=1S/C11H23B/c1-8(2)9(3)7-10(4)11(5,6)12/h8-10H,7H2,1-6H3. The Balaban J connectivity index is 3.93. The minimum atomic E-state index is -0.0247. The molecule has 0 spiro atoms. The van der Waals surface area contributed by atoms with E-state index in [9.17, 15) is 0 Å². The van der Waals surface area contributed by atoms with Crippen molar-refractivity contribution >= 4 is 7.85 Å². The van der Waals surface area contributed by atoms with Crippen LogP contribution in [0.2, 0.25) is 5.31 Å². The molecule has 12 heavy (non-hydrogen) atoms. The van der Waals surface area contributed by atoms with Gasteiger partial charge in [-0.05, 0) is 24.2 Å². The van der Waals surface area contributed by atoms with Crippen LogP contribution in [0.15, 0.2) is 0 Å². The summed E-state index contributed by atoms with van der Waals surface area (Å²) < 4.78 is 0. The molecule has 0 nitrogen and oxygen atoms in total. The van der Waals surface area contributed by atoms with Gasteiger partial charge in [0.2, 0.25) is 0 Å². The Bertz CT molecular complexity index is 121. The van der Waals surface area contributed by atoms with E-state index in [0.29, 0.717) is 5.92 Å². The van der Waals surface area contributed by atoms with E-state index in [0.717, 1.165) is 11.8 Å². The van der Waals surface area contributed by atoms with Gasteiger partial charge >= 0.3 is 0 Å². The summed E-state index contributed by atoms with van der Waals surface area (Å²) in [6, 6.07) is 0. The molecule has 0 saturated carbocycles. The Kier molecular flexibility index (Phi) is 4.37. The van der Waals surface area contributed by atoms with Gasteiger partial charge in [0.15, 0.2) is 0 Å². The van der Waals surface area contributed by atoms with Gasteiger partial charge in [-0.2, -0.15) is 0 Å². The van der Waals surface area contributed by atoms with Crippen molar-refractivity contribution in [1.82, 2.24) is 0 Å². The molecule has 0 aliphatic heterocycles. The summed E-state index contributed by atoms with van der Waals surface area (Å²) in [6.07, 6.45) is 1.24. The molecule has 2 radical (unpaired) electrons. The van der Waals surface area contributed by atoms with E-state index in [-0.39, 0.29) is 5.31 Å². The molecule has 0 aromatic rings. The molecular weight excluding hydrogens is 143 g/mol. The average Bonchev–Trinajstić information content (AvgIpc) is 1.85. The van der Waals surface area contributed by atoms with E-state index in [4.69, 9.17) is 7.85 Å². The van der Waals surface area contributed by atoms with Crippen LogP contribution in [0.5, 0.6) is 0 Å². The predicted molar refractivity (Wildman–Crippen MR) is 57.6 cm³/mol. The third-order valence-corrected chi connectivity index (χ3v) is 3.13. The second-order valence-electron chi connectivity index (χ2n) is 5.18. The Morgan fingerprint density at radius 3 is 1.75 bits per heavy atom. The predicted octanol–water partition coefficient (Wildman–Crippen LogP) is 3.67. The third-order valence-electron chi connectivity index (χ3n) is 3.13. The Morgan fingerprint density at radius 2 is 1.50 bits per heavy atom. The van der Waals surface area contributed by atoms with Crippen molar-refractivity contribution in [2.24, 2.45) is 17.8 Å². The van der Waals surface area contributed by atoms with E-state index < -0.39 is 0 Å². The largest absolute Gasteiger partial charge is 0.0742 e. The van der Waals surface area contributed by atoms with Gasteiger partial charge in [0.05, 0.1) is 7.85 Å². The minimum Gasteiger partial charge on any atom is -0.0691 e. The lowest BCUT2D eigenvalue weighted by atomic mass is 9.62. The summed E-state index contributed by atoms with van der Waals surface area (Å²) in [5.74, 6) is 2.16. The number of rotatable bonds is 4. The van der Waals surface area contributed by atoms with Crippen LogP contribution in [0.4, 0.5) is 0 Å². The molecule has 0 aromatic heterocycles. The van der Waals surface area contributed by atoms with E-state index in [1.165, 1.54) is 6.42 Å². The van der Waals surface area contributed by atoms with Gasteiger partial charge in [0, 0.05) is 0 Å². The van der Waals surface area contributed by atoms with Crippen molar-refractivity contribution < 1.29 is 0 Å².